The van der Waals surface area contributed by atoms with E-state index >= 15 is 0 Å². The molecule has 25 heavy (non-hydrogen) atoms. The number of benzene rings is 1. The molecule has 0 bridgehead atoms. The Hall–Kier alpha value is -2.89. The van der Waals surface area contributed by atoms with Gasteiger partial charge in [0.05, 0.1) is 6.20 Å². The second kappa shape index (κ2) is 8.28. The van der Waals surface area contributed by atoms with Gasteiger partial charge in [-0.05, 0) is 39.3 Å². The monoisotopic (exact) mass is 341 g/mol. The van der Waals surface area contributed by atoms with Crippen LogP contribution in [0.5, 0.6) is 0 Å². The van der Waals surface area contributed by atoms with Crippen LogP contribution >= 0.6 is 0 Å². The highest BCUT2D eigenvalue weighted by Gasteiger charge is 2.18. The van der Waals surface area contributed by atoms with Gasteiger partial charge in [-0.1, -0.05) is 29.8 Å². The molecule has 1 N–H and O–H groups in total. The van der Waals surface area contributed by atoms with Crippen LogP contribution in [0.2, 0.25) is 0 Å². The van der Waals surface area contributed by atoms with E-state index in [1.807, 2.05) is 45.0 Å². The lowest BCUT2D eigenvalue weighted by Crippen LogP contribution is -2.30. The van der Waals surface area contributed by atoms with Gasteiger partial charge in [-0.3, -0.25) is 4.79 Å². The number of carbonyl (C=O) groups is 2. The number of hydrogen-bond acceptors (Lipinski definition) is 4. The first-order valence-corrected chi connectivity index (χ1v) is 8.16. The molecule has 6 heteroatoms. The van der Waals surface area contributed by atoms with Crippen LogP contribution in [0.1, 0.15) is 37.9 Å². The van der Waals surface area contributed by atoms with Crippen molar-refractivity contribution in [2.75, 3.05) is 5.32 Å². The van der Waals surface area contributed by atoms with Crippen LogP contribution in [0, 0.1) is 6.92 Å². The summed E-state index contributed by atoms with van der Waals surface area (Å²) in [6.45, 7) is 7.44. The van der Waals surface area contributed by atoms with Crippen LogP contribution in [0.25, 0.3) is 6.08 Å². The van der Waals surface area contributed by atoms with Crippen molar-refractivity contribution in [1.82, 2.24) is 9.78 Å². The van der Waals surface area contributed by atoms with Gasteiger partial charge in [-0.2, -0.15) is 5.10 Å². The van der Waals surface area contributed by atoms with Gasteiger partial charge in [0, 0.05) is 18.2 Å². The predicted octanol–water partition coefficient (Wildman–Crippen LogP) is 3.36. The highest BCUT2D eigenvalue weighted by atomic mass is 16.5. The van der Waals surface area contributed by atoms with Gasteiger partial charge in [0.25, 0.3) is 5.91 Å². The number of ether oxygens (including phenoxy) is 1. The lowest BCUT2D eigenvalue weighted by atomic mass is 10.1. The number of nitrogens with zero attached hydrogens (tertiary/aromatic N) is 2. The second-order valence-electron chi connectivity index (χ2n) is 6.07. The van der Waals surface area contributed by atoms with Gasteiger partial charge in [0.15, 0.2) is 6.10 Å². The Labute approximate surface area is 147 Å². The number of nitrogens with one attached hydrogen (secondary N) is 1. The predicted molar refractivity (Wildman–Crippen MR) is 97.0 cm³/mol. The third-order valence-corrected chi connectivity index (χ3v) is 3.56. The Morgan fingerprint density at radius 2 is 1.84 bits per heavy atom. The molecule has 1 aromatic heterocycles. The fourth-order valence-electron chi connectivity index (χ4n) is 2.16. The minimum absolute atomic E-state index is 0.112. The van der Waals surface area contributed by atoms with E-state index in [1.165, 1.54) is 13.0 Å². The fourth-order valence-corrected chi connectivity index (χ4v) is 2.16. The molecule has 0 spiro atoms. The molecular weight excluding hydrogens is 318 g/mol. The van der Waals surface area contributed by atoms with Crippen LogP contribution < -0.4 is 5.32 Å². The molecule has 1 atom stereocenters. The summed E-state index contributed by atoms with van der Waals surface area (Å²) >= 11 is 0. The molecule has 2 aromatic rings. The summed E-state index contributed by atoms with van der Waals surface area (Å²) in [6.07, 6.45) is 3.66. The summed E-state index contributed by atoms with van der Waals surface area (Å²) in [7, 11) is 0. The summed E-state index contributed by atoms with van der Waals surface area (Å²) in [5.74, 6) is -0.404. The summed E-state index contributed by atoms with van der Waals surface area (Å²) in [5.41, 5.74) is 2.03. The highest BCUT2D eigenvalue weighted by Crippen LogP contribution is 2.13. The van der Waals surface area contributed by atoms with Crippen LogP contribution in [0.15, 0.2) is 42.6 Å². The van der Waals surface area contributed by atoms with Crippen molar-refractivity contribution in [2.45, 2.75) is 39.8 Å². The number of rotatable bonds is 6. The zero-order chi connectivity index (χ0) is 18.4. The van der Waals surface area contributed by atoms with E-state index in [0.717, 1.165) is 11.1 Å². The first kappa shape index (κ1) is 18.4. The van der Waals surface area contributed by atoms with E-state index in [0.29, 0.717) is 5.82 Å². The van der Waals surface area contributed by atoms with Crippen molar-refractivity contribution in [3.8, 4) is 0 Å². The van der Waals surface area contributed by atoms with E-state index in [9.17, 15) is 9.59 Å². The van der Waals surface area contributed by atoms with Crippen molar-refractivity contribution in [1.29, 1.82) is 0 Å². The van der Waals surface area contributed by atoms with Gasteiger partial charge in [-0.25, -0.2) is 9.48 Å². The van der Waals surface area contributed by atoms with E-state index in [4.69, 9.17) is 4.74 Å². The molecule has 1 unspecified atom stereocenters. The molecule has 0 aliphatic carbocycles. The molecule has 0 radical (unpaired) electrons. The third kappa shape index (κ3) is 5.31. The Kier molecular flexibility index (Phi) is 6.11. The SMILES string of the molecule is Cc1ccc(/C=C/C(=O)OC(C)C(=O)Nc2ccnn2C(C)C)cc1. The van der Waals surface area contributed by atoms with Crippen molar-refractivity contribution in [3.05, 3.63) is 53.7 Å². The Balaban J connectivity index is 1.90. The molecule has 1 heterocycles. The van der Waals surface area contributed by atoms with Gasteiger partial charge in [0.2, 0.25) is 0 Å². The fraction of sp³-hybridized carbons (Fsp3) is 0.316. The maximum atomic E-state index is 12.2. The summed E-state index contributed by atoms with van der Waals surface area (Å²) in [6, 6.07) is 9.53. The van der Waals surface area contributed by atoms with Gasteiger partial charge >= 0.3 is 5.97 Å². The number of aromatic nitrogens is 2. The van der Waals surface area contributed by atoms with Crippen LogP contribution in [0.3, 0.4) is 0 Å². The smallest absolute Gasteiger partial charge is 0.331 e. The van der Waals surface area contributed by atoms with Crippen molar-refractivity contribution in [3.63, 3.8) is 0 Å². The quantitative estimate of drug-likeness (QED) is 0.646. The number of aryl methyl sites for hydroxylation is 1. The van der Waals surface area contributed by atoms with Gasteiger partial charge in [0.1, 0.15) is 5.82 Å². The normalized spacial score (nSPS) is 12.4. The topological polar surface area (TPSA) is 73.2 Å². The number of carbonyl (C=O) groups excluding carboxylic acids is 2. The molecule has 0 saturated heterocycles. The maximum Gasteiger partial charge on any atom is 0.331 e. The largest absolute Gasteiger partial charge is 0.449 e. The number of amides is 1. The maximum absolute atomic E-state index is 12.2. The number of hydrogen-bond donors (Lipinski definition) is 1. The molecule has 0 fully saturated rings. The zero-order valence-corrected chi connectivity index (χ0v) is 14.9. The van der Waals surface area contributed by atoms with Crippen molar-refractivity contribution >= 4 is 23.8 Å². The second-order valence-corrected chi connectivity index (χ2v) is 6.07. The summed E-state index contributed by atoms with van der Waals surface area (Å²) < 4.78 is 6.82. The summed E-state index contributed by atoms with van der Waals surface area (Å²) in [5, 5.41) is 6.86. The molecule has 0 aliphatic heterocycles. The standard InChI is InChI=1S/C19H23N3O3/c1-13(2)22-17(11-12-20-22)21-19(24)15(4)25-18(23)10-9-16-7-5-14(3)6-8-16/h5-13,15H,1-4H3,(H,21,24)/b10-9+. The van der Waals surface area contributed by atoms with E-state index in [2.05, 4.69) is 10.4 Å². The molecule has 1 amide bonds. The lowest BCUT2D eigenvalue weighted by molar-refractivity contribution is -0.148. The van der Waals surface area contributed by atoms with Crippen molar-refractivity contribution < 1.29 is 14.3 Å². The van der Waals surface area contributed by atoms with Crippen LogP contribution in [0.4, 0.5) is 5.82 Å². The Morgan fingerprint density at radius 1 is 1.16 bits per heavy atom. The molecule has 6 nitrogen and oxygen atoms in total. The summed E-state index contributed by atoms with van der Waals surface area (Å²) in [4.78, 5) is 24.0. The molecule has 132 valence electrons. The van der Waals surface area contributed by atoms with E-state index < -0.39 is 18.0 Å². The van der Waals surface area contributed by atoms with Crippen LogP contribution in [-0.4, -0.2) is 27.8 Å². The van der Waals surface area contributed by atoms with E-state index in [1.54, 1.807) is 23.0 Å². The van der Waals surface area contributed by atoms with Gasteiger partial charge in [-0.15, -0.1) is 0 Å². The molecule has 0 aliphatic rings. The average molecular weight is 341 g/mol. The van der Waals surface area contributed by atoms with Crippen molar-refractivity contribution in [2.24, 2.45) is 0 Å². The zero-order valence-electron chi connectivity index (χ0n) is 14.9. The molecule has 0 saturated carbocycles. The van der Waals surface area contributed by atoms with Gasteiger partial charge < -0.3 is 10.1 Å². The molecule has 1 aromatic carbocycles. The minimum atomic E-state index is -0.911. The Morgan fingerprint density at radius 3 is 2.48 bits per heavy atom. The first-order chi connectivity index (χ1) is 11.9. The molecule has 2 rings (SSSR count). The van der Waals surface area contributed by atoms with E-state index in [-0.39, 0.29) is 6.04 Å². The number of anilines is 1. The minimum Gasteiger partial charge on any atom is -0.449 e. The molecular formula is C19H23N3O3. The lowest BCUT2D eigenvalue weighted by Gasteiger charge is -2.15. The average Bonchev–Trinajstić information content (AvgIpc) is 3.02. The Bertz CT molecular complexity index is 760. The number of esters is 1. The highest BCUT2D eigenvalue weighted by molar-refractivity contribution is 5.96. The third-order valence-electron chi connectivity index (χ3n) is 3.56. The first-order valence-electron chi connectivity index (χ1n) is 8.16. The van der Waals surface area contributed by atoms with Crippen LogP contribution in [-0.2, 0) is 14.3 Å².